The lowest BCUT2D eigenvalue weighted by atomic mass is 9.98. The first-order valence-corrected chi connectivity index (χ1v) is 10.1. The minimum Gasteiger partial charge on any atom is -0.440 e. The fraction of sp³-hybridized carbons (Fsp3) is 0.217. The smallest absolute Gasteiger partial charge is 0.276 e. The van der Waals surface area contributed by atoms with Gasteiger partial charge in [-0.15, -0.1) is 10.2 Å². The summed E-state index contributed by atoms with van der Waals surface area (Å²) in [5, 5.41) is 11.3. The Hall–Kier alpha value is -3.74. The number of fused-ring (bicyclic) bond motifs is 1. The van der Waals surface area contributed by atoms with Crippen LogP contribution in [0.4, 0.5) is 11.5 Å². The summed E-state index contributed by atoms with van der Waals surface area (Å²) in [5.41, 5.74) is 2.72. The predicted octanol–water partition coefficient (Wildman–Crippen LogP) is 4.25. The van der Waals surface area contributed by atoms with Crippen molar-refractivity contribution in [3.63, 3.8) is 0 Å². The molecule has 1 fully saturated rings. The highest BCUT2D eigenvalue weighted by molar-refractivity contribution is 6.02. The first kappa shape index (κ1) is 18.3. The average Bonchev–Trinajstić information content (AvgIpc) is 3.24. The van der Waals surface area contributed by atoms with Gasteiger partial charge in [-0.3, -0.25) is 4.79 Å². The Labute approximate surface area is 173 Å². The number of para-hydroxylation sites is 3. The van der Waals surface area contributed by atoms with E-state index in [1.807, 2.05) is 60.7 Å². The van der Waals surface area contributed by atoms with Crippen molar-refractivity contribution in [2.24, 2.45) is 0 Å². The molecule has 0 radical (unpaired) electrons. The summed E-state index contributed by atoms with van der Waals surface area (Å²) >= 11 is 0. The molecule has 1 unspecified atom stereocenters. The van der Waals surface area contributed by atoms with Crippen LogP contribution in [0.5, 0.6) is 0 Å². The fourth-order valence-corrected chi connectivity index (χ4v) is 3.78. The van der Waals surface area contributed by atoms with Crippen LogP contribution in [0.2, 0.25) is 0 Å². The van der Waals surface area contributed by atoms with Crippen molar-refractivity contribution in [1.29, 1.82) is 0 Å². The molecule has 1 atom stereocenters. The van der Waals surface area contributed by atoms with Gasteiger partial charge >= 0.3 is 0 Å². The van der Waals surface area contributed by atoms with Crippen LogP contribution in [0.25, 0.3) is 11.1 Å². The molecule has 7 heteroatoms. The Morgan fingerprint density at radius 2 is 1.83 bits per heavy atom. The van der Waals surface area contributed by atoms with E-state index in [-0.39, 0.29) is 17.5 Å². The number of benzene rings is 2. The van der Waals surface area contributed by atoms with Crippen molar-refractivity contribution >= 4 is 28.5 Å². The minimum absolute atomic E-state index is 0.203. The van der Waals surface area contributed by atoms with Gasteiger partial charge in [0.25, 0.3) is 5.91 Å². The molecule has 1 N–H and O–H groups in total. The van der Waals surface area contributed by atoms with Gasteiger partial charge in [-0.25, -0.2) is 4.98 Å². The maximum atomic E-state index is 12.4. The van der Waals surface area contributed by atoms with Crippen LogP contribution in [0.3, 0.4) is 0 Å². The number of oxazole rings is 1. The summed E-state index contributed by atoms with van der Waals surface area (Å²) in [5.74, 6) is 1.46. The molecule has 0 bridgehead atoms. The standard InChI is InChI=1S/C23H21N5O2/c29-22(24-17-8-2-1-3-9-17)19-12-13-21(27-26-19)28-14-6-7-16(15-28)23-25-18-10-4-5-11-20(18)30-23/h1-5,8-13,16H,6-7,14-15H2,(H,24,29). The molecule has 1 saturated heterocycles. The maximum Gasteiger partial charge on any atom is 0.276 e. The van der Waals surface area contributed by atoms with E-state index in [1.54, 1.807) is 6.07 Å². The predicted molar refractivity (Wildman–Crippen MR) is 115 cm³/mol. The van der Waals surface area contributed by atoms with Crippen molar-refractivity contribution in [3.8, 4) is 0 Å². The number of hydrogen-bond acceptors (Lipinski definition) is 6. The lowest BCUT2D eigenvalue weighted by molar-refractivity contribution is 0.102. The number of rotatable bonds is 4. The molecule has 0 spiro atoms. The van der Waals surface area contributed by atoms with E-state index in [4.69, 9.17) is 4.42 Å². The Bertz CT molecular complexity index is 1120. The van der Waals surface area contributed by atoms with Crippen molar-refractivity contribution in [2.75, 3.05) is 23.3 Å². The number of amides is 1. The van der Waals surface area contributed by atoms with Gasteiger partial charge in [0.2, 0.25) is 0 Å². The second-order valence-electron chi connectivity index (χ2n) is 7.40. The van der Waals surface area contributed by atoms with Crippen molar-refractivity contribution in [1.82, 2.24) is 15.2 Å². The van der Waals surface area contributed by atoms with E-state index in [0.717, 1.165) is 54.4 Å². The van der Waals surface area contributed by atoms with E-state index in [9.17, 15) is 4.79 Å². The second-order valence-corrected chi connectivity index (χ2v) is 7.40. The molecule has 7 nitrogen and oxygen atoms in total. The van der Waals surface area contributed by atoms with E-state index in [1.165, 1.54) is 0 Å². The first-order chi connectivity index (χ1) is 14.8. The Morgan fingerprint density at radius 1 is 1.00 bits per heavy atom. The third kappa shape index (κ3) is 3.74. The lowest BCUT2D eigenvalue weighted by Gasteiger charge is -2.31. The summed E-state index contributed by atoms with van der Waals surface area (Å²) in [6, 6.07) is 20.7. The number of nitrogens with zero attached hydrogens (tertiary/aromatic N) is 4. The molecule has 4 aromatic rings. The highest BCUT2D eigenvalue weighted by atomic mass is 16.3. The number of aromatic nitrogens is 3. The van der Waals surface area contributed by atoms with Gasteiger partial charge in [-0.2, -0.15) is 0 Å². The van der Waals surface area contributed by atoms with E-state index < -0.39 is 0 Å². The third-order valence-corrected chi connectivity index (χ3v) is 5.32. The van der Waals surface area contributed by atoms with Crippen LogP contribution in [-0.4, -0.2) is 34.2 Å². The van der Waals surface area contributed by atoms with Gasteiger partial charge < -0.3 is 14.6 Å². The fourth-order valence-electron chi connectivity index (χ4n) is 3.78. The second kappa shape index (κ2) is 7.94. The number of carbonyl (C=O) groups is 1. The van der Waals surface area contributed by atoms with Gasteiger partial charge in [0.05, 0.1) is 5.92 Å². The van der Waals surface area contributed by atoms with Crippen LogP contribution in [0.15, 0.2) is 71.1 Å². The van der Waals surface area contributed by atoms with Gasteiger partial charge in [-0.05, 0) is 49.2 Å². The highest BCUT2D eigenvalue weighted by Gasteiger charge is 2.26. The third-order valence-electron chi connectivity index (χ3n) is 5.32. The van der Waals surface area contributed by atoms with Crippen LogP contribution in [0.1, 0.15) is 35.1 Å². The van der Waals surface area contributed by atoms with E-state index in [2.05, 4.69) is 25.4 Å². The van der Waals surface area contributed by atoms with Crippen LogP contribution in [0, 0.1) is 0 Å². The molecule has 0 aliphatic carbocycles. The largest absolute Gasteiger partial charge is 0.440 e. The zero-order valence-corrected chi connectivity index (χ0v) is 16.4. The average molecular weight is 399 g/mol. The quantitative estimate of drug-likeness (QED) is 0.552. The Morgan fingerprint density at radius 3 is 2.63 bits per heavy atom. The molecule has 0 saturated carbocycles. The number of anilines is 2. The van der Waals surface area contributed by atoms with Crippen molar-refractivity contribution in [3.05, 3.63) is 78.3 Å². The van der Waals surface area contributed by atoms with Crippen molar-refractivity contribution < 1.29 is 9.21 Å². The molecule has 150 valence electrons. The van der Waals surface area contributed by atoms with Crippen LogP contribution in [-0.2, 0) is 0 Å². The summed E-state index contributed by atoms with van der Waals surface area (Å²) < 4.78 is 5.97. The maximum absolute atomic E-state index is 12.4. The number of hydrogen-bond donors (Lipinski definition) is 1. The molecule has 30 heavy (non-hydrogen) atoms. The van der Waals surface area contributed by atoms with Gasteiger partial charge in [0.15, 0.2) is 23.0 Å². The van der Waals surface area contributed by atoms with Crippen LogP contribution >= 0.6 is 0 Å². The zero-order valence-electron chi connectivity index (χ0n) is 16.4. The van der Waals surface area contributed by atoms with Crippen molar-refractivity contribution in [2.45, 2.75) is 18.8 Å². The molecular weight excluding hydrogens is 378 g/mol. The molecular formula is C23H21N5O2. The van der Waals surface area contributed by atoms with E-state index >= 15 is 0 Å². The Balaban J connectivity index is 1.28. The summed E-state index contributed by atoms with van der Waals surface area (Å²) in [4.78, 5) is 19.2. The molecule has 1 aliphatic heterocycles. The van der Waals surface area contributed by atoms with Gasteiger partial charge in [0, 0.05) is 18.8 Å². The SMILES string of the molecule is O=C(Nc1ccccc1)c1ccc(N2CCCC(c3nc4ccccc4o3)C2)nn1. The van der Waals surface area contributed by atoms with Gasteiger partial charge in [-0.1, -0.05) is 30.3 Å². The monoisotopic (exact) mass is 399 g/mol. The summed E-state index contributed by atoms with van der Waals surface area (Å²) in [6.07, 6.45) is 2.04. The molecule has 2 aromatic carbocycles. The zero-order chi connectivity index (χ0) is 20.3. The molecule has 5 rings (SSSR count). The van der Waals surface area contributed by atoms with Gasteiger partial charge in [0.1, 0.15) is 5.52 Å². The number of carbonyl (C=O) groups excluding carboxylic acids is 1. The highest BCUT2D eigenvalue weighted by Crippen LogP contribution is 2.30. The molecule has 3 heterocycles. The lowest BCUT2D eigenvalue weighted by Crippen LogP contribution is -2.35. The Kier molecular flexibility index (Phi) is 4.85. The van der Waals surface area contributed by atoms with Crippen LogP contribution < -0.4 is 10.2 Å². The number of piperidine rings is 1. The molecule has 2 aromatic heterocycles. The molecule has 1 aliphatic rings. The summed E-state index contributed by atoms with van der Waals surface area (Å²) in [7, 11) is 0. The number of nitrogens with one attached hydrogen (secondary N) is 1. The molecule has 1 amide bonds. The first-order valence-electron chi connectivity index (χ1n) is 10.1. The minimum atomic E-state index is -0.275. The topological polar surface area (TPSA) is 84.2 Å². The summed E-state index contributed by atoms with van der Waals surface area (Å²) in [6.45, 7) is 1.65. The normalized spacial score (nSPS) is 16.5. The van der Waals surface area contributed by atoms with E-state index in [0.29, 0.717) is 0 Å².